The van der Waals surface area contributed by atoms with Crippen molar-refractivity contribution in [1.29, 1.82) is 0 Å². The lowest BCUT2D eigenvalue weighted by molar-refractivity contribution is -0.117. The van der Waals surface area contributed by atoms with Gasteiger partial charge >= 0.3 is 0 Å². The van der Waals surface area contributed by atoms with Crippen LogP contribution in [0.5, 0.6) is 5.75 Å². The summed E-state index contributed by atoms with van der Waals surface area (Å²) in [5.41, 5.74) is 9.17. The van der Waals surface area contributed by atoms with E-state index in [-0.39, 0.29) is 11.7 Å². The summed E-state index contributed by atoms with van der Waals surface area (Å²) in [6, 6.07) is 12.5. The highest BCUT2D eigenvalue weighted by Crippen LogP contribution is 2.31. The summed E-state index contributed by atoms with van der Waals surface area (Å²) >= 11 is 0. The minimum atomic E-state index is 0.0592. The first-order valence-electron chi connectivity index (χ1n) is 6.10. The first kappa shape index (κ1) is 11.6. The Morgan fingerprint density at radius 2 is 2.05 bits per heavy atom. The van der Waals surface area contributed by atoms with E-state index in [0.717, 1.165) is 16.8 Å². The molecule has 0 fully saturated rings. The van der Waals surface area contributed by atoms with Gasteiger partial charge in [-0.1, -0.05) is 12.1 Å². The molecule has 1 amide bonds. The molecule has 0 aliphatic carbocycles. The monoisotopic (exact) mass is 254 g/mol. The molecule has 4 heteroatoms. The Balaban J connectivity index is 1.92. The van der Waals surface area contributed by atoms with Crippen LogP contribution in [0.15, 0.2) is 42.5 Å². The van der Waals surface area contributed by atoms with E-state index in [1.165, 1.54) is 0 Å². The van der Waals surface area contributed by atoms with Gasteiger partial charge in [-0.25, -0.2) is 0 Å². The molecular weight excluding hydrogens is 240 g/mol. The molecule has 0 aromatic heterocycles. The van der Waals surface area contributed by atoms with Crippen LogP contribution in [0.25, 0.3) is 0 Å². The average molecular weight is 254 g/mol. The number of fused-ring (bicyclic) bond motifs is 1. The number of hydrogen-bond donors (Lipinski definition) is 2. The van der Waals surface area contributed by atoms with Crippen molar-refractivity contribution in [3.8, 4) is 5.75 Å². The minimum absolute atomic E-state index is 0.0592. The molecule has 0 bridgehead atoms. The summed E-state index contributed by atoms with van der Waals surface area (Å²) < 4.78 is 0. The summed E-state index contributed by atoms with van der Waals surface area (Å²) in [7, 11) is 0. The number of aromatic hydroxyl groups is 1. The fourth-order valence-corrected chi connectivity index (χ4v) is 2.41. The first-order valence-corrected chi connectivity index (χ1v) is 6.10. The number of carbonyl (C=O) groups excluding carboxylic acids is 1. The zero-order valence-electron chi connectivity index (χ0n) is 10.3. The van der Waals surface area contributed by atoms with Crippen molar-refractivity contribution in [3.05, 3.63) is 53.6 Å². The fraction of sp³-hybridized carbons (Fsp3) is 0.133. The molecule has 0 saturated carbocycles. The van der Waals surface area contributed by atoms with Crippen LogP contribution in [-0.4, -0.2) is 11.0 Å². The van der Waals surface area contributed by atoms with Gasteiger partial charge in [0.1, 0.15) is 5.75 Å². The SMILES string of the molecule is Nc1ccc2c(c1)CC(=O)N2Cc1cccc(O)c1. The molecule has 3 N–H and O–H groups in total. The second kappa shape index (κ2) is 4.31. The molecule has 3 rings (SSSR count). The Morgan fingerprint density at radius 1 is 1.21 bits per heavy atom. The van der Waals surface area contributed by atoms with E-state index in [1.54, 1.807) is 29.2 Å². The quantitative estimate of drug-likeness (QED) is 0.806. The molecule has 1 aliphatic rings. The molecule has 1 aliphatic heterocycles. The Kier molecular flexibility index (Phi) is 2.63. The molecule has 0 saturated heterocycles. The number of phenolic OH excluding ortho intramolecular Hbond substituents is 1. The van der Waals surface area contributed by atoms with E-state index in [9.17, 15) is 9.90 Å². The lowest BCUT2D eigenvalue weighted by Crippen LogP contribution is -2.25. The van der Waals surface area contributed by atoms with Crippen LogP contribution >= 0.6 is 0 Å². The molecule has 0 radical (unpaired) electrons. The lowest BCUT2D eigenvalue weighted by Gasteiger charge is -2.17. The number of rotatable bonds is 2. The topological polar surface area (TPSA) is 66.6 Å². The maximum Gasteiger partial charge on any atom is 0.231 e. The Labute approximate surface area is 111 Å². The van der Waals surface area contributed by atoms with Crippen LogP contribution in [0, 0.1) is 0 Å². The fourth-order valence-electron chi connectivity index (χ4n) is 2.41. The number of nitrogen functional groups attached to an aromatic ring is 1. The third-order valence-corrected chi connectivity index (χ3v) is 3.29. The van der Waals surface area contributed by atoms with Crippen LogP contribution in [-0.2, 0) is 17.8 Å². The summed E-state index contributed by atoms with van der Waals surface area (Å²) in [4.78, 5) is 13.8. The van der Waals surface area contributed by atoms with E-state index >= 15 is 0 Å². The van der Waals surface area contributed by atoms with Crippen LogP contribution in [0.1, 0.15) is 11.1 Å². The Bertz CT molecular complexity index is 652. The van der Waals surface area contributed by atoms with Crippen molar-refractivity contribution >= 4 is 17.3 Å². The second-order valence-corrected chi connectivity index (χ2v) is 4.71. The van der Waals surface area contributed by atoms with E-state index in [0.29, 0.717) is 18.7 Å². The van der Waals surface area contributed by atoms with Crippen molar-refractivity contribution in [2.24, 2.45) is 0 Å². The van der Waals surface area contributed by atoms with Gasteiger partial charge in [0, 0.05) is 11.4 Å². The van der Waals surface area contributed by atoms with Crippen LogP contribution in [0.4, 0.5) is 11.4 Å². The number of nitrogens with two attached hydrogens (primary N) is 1. The minimum Gasteiger partial charge on any atom is -0.508 e. The van der Waals surface area contributed by atoms with Gasteiger partial charge in [-0.3, -0.25) is 4.79 Å². The van der Waals surface area contributed by atoms with E-state index in [1.807, 2.05) is 18.2 Å². The van der Waals surface area contributed by atoms with E-state index in [4.69, 9.17) is 5.73 Å². The smallest absolute Gasteiger partial charge is 0.231 e. The van der Waals surface area contributed by atoms with Gasteiger partial charge in [0.2, 0.25) is 5.91 Å². The lowest BCUT2D eigenvalue weighted by atomic mass is 10.1. The molecular formula is C15H14N2O2. The highest BCUT2D eigenvalue weighted by molar-refractivity contribution is 6.01. The average Bonchev–Trinajstić information content (AvgIpc) is 2.65. The third kappa shape index (κ3) is 2.12. The molecule has 1 heterocycles. The second-order valence-electron chi connectivity index (χ2n) is 4.71. The Morgan fingerprint density at radius 3 is 2.84 bits per heavy atom. The molecule has 0 atom stereocenters. The van der Waals surface area contributed by atoms with E-state index < -0.39 is 0 Å². The summed E-state index contributed by atoms with van der Waals surface area (Å²) in [5, 5.41) is 9.46. The van der Waals surface area contributed by atoms with Crippen LogP contribution < -0.4 is 10.6 Å². The zero-order chi connectivity index (χ0) is 13.4. The maximum absolute atomic E-state index is 12.1. The highest BCUT2D eigenvalue weighted by Gasteiger charge is 2.27. The molecule has 96 valence electrons. The van der Waals surface area contributed by atoms with Crippen molar-refractivity contribution < 1.29 is 9.90 Å². The van der Waals surface area contributed by atoms with Crippen molar-refractivity contribution in [1.82, 2.24) is 0 Å². The van der Waals surface area contributed by atoms with Gasteiger partial charge in [-0.2, -0.15) is 0 Å². The van der Waals surface area contributed by atoms with Gasteiger partial charge in [0.15, 0.2) is 0 Å². The summed E-state index contributed by atoms with van der Waals surface area (Å²) in [6.07, 6.45) is 0.388. The number of anilines is 2. The van der Waals surface area contributed by atoms with Crippen molar-refractivity contribution in [3.63, 3.8) is 0 Å². The standard InChI is InChI=1S/C15H14N2O2/c16-12-4-5-14-11(7-12)8-15(19)17(14)9-10-2-1-3-13(18)6-10/h1-7,18H,8-9,16H2. The van der Waals surface area contributed by atoms with Gasteiger partial charge in [0.25, 0.3) is 0 Å². The van der Waals surface area contributed by atoms with E-state index in [2.05, 4.69) is 0 Å². The molecule has 19 heavy (non-hydrogen) atoms. The molecule has 2 aromatic carbocycles. The molecule has 2 aromatic rings. The molecule has 0 spiro atoms. The normalized spacial score (nSPS) is 13.7. The molecule has 4 nitrogen and oxygen atoms in total. The third-order valence-electron chi connectivity index (χ3n) is 3.29. The van der Waals surface area contributed by atoms with Gasteiger partial charge in [-0.15, -0.1) is 0 Å². The summed E-state index contributed by atoms with van der Waals surface area (Å²) in [6.45, 7) is 0.462. The maximum atomic E-state index is 12.1. The number of nitrogens with zero attached hydrogens (tertiary/aromatic N) is 1. The number of hydrogen-bond acceptors (Lipinski definition) is 3. The predicted molar refractivity (Wildman–Crippen MR) is 73.9 cm³/mol. The predicted octanol–water partition coefficient (Wildman–Crippen LogP) is 2.06. The highest BCUT2D eigenvalue weighted by atomic mass is 16.3. The first-order chi connectivity index (χ1) is 9.13. The number of benzene rings is 2. The summed E-state index contributed by atoms with van der Waals surface area (Å²) in [5.74, 6) is 0.269. The number of carbonyl (C=O) groups is 1. The zero-order valence-corrected chi connectivity index (χ0v) is 10.3. The van der Waals surface area contributed by atoms with Gasteiger partial charge < -0.3 is 15.7 Å². The van der Waals surface area contributed by atoms with Crippen LogP contribution in [0.2, 0.25) is 0 Å². The van der Waals surface area contributed by atoms with Gasteiger partial charge in [0.05, 0.1) is 13.0 Å². The molecule has 0 unspecified atom stereocenters. The van der Waals surface area contributed by atoms with Gasteiger partial charge in [-0.05, 0) is 41.5 Å². The van der Waals surface area contributed by atoms with Crippen molar-refractivity contribution in [2.75, 3.05) is 10.6 Å². The number of phenols is 1. The number of amides is 1. The largest absolute Gasteiger partial charge is 0.508 e. The Hall–Kier alpha value is -2.49. The van der Waals surface area contributed by atoms with Crippen LogP contribution in [0.3, 0.4) is 0 Å². The van der Waals surface area contributed by atoms with Crippen molar-refractivity contribution in [2.45, 2.75) is 13.0 Å².